The number of carbonyl (C=O) groups is 1. The van der Waals surface area contributed by atoms with E-state index in [4.69, 9.17) is 4.42 Å². The largest absolute Gasteiger partial charge is 0.429 e. The summed E-state index contributed by atoms with van der Waals surface area (Å²) in [5.41, 5.74) is 0. The maximum Gasteiger partial charge on any atom is 0.301 e. The van der Waals surface area contributed by atoms with Crippen molar-refractivity contribution in [1.82, 2.24) is 4.98 Å². The molecule has 1 amide bonds. The number of hydrogen-bond donors (Lipinski definition) is 1. The van der Waals surface area contributed by atoms with E-state index in [1.807, 2.05) is 6.92 Å². The molecular weight excluding hydrogens is 168 g/mol. The van der Waals surface area contributed by atoms with Gasteiger partial charge < -0.3 is 4.42 Å². The van der Waals surface area contributed by atoms with Gasteiger partial charge in [0.1, 0.15) is 5.76 Å². The second-order valence-corrected chi connectivity index (χ2v) is 2.58. The van der Waals surface area contributed by atoms with Crippen LogP contribution in [0.4, 0.5) is 6.01 Å². The number of anilines is 1. The van der Waals surface area contributed by atoms with Crippen molar-refractivity contribution in [2.45, 2.75) is 20.3 Å². The average Bonchev–Trinajstić information content (AvgIpc) is 2.48. The van der Waals surface area contributed by atoms with Crippen molar-refractivity contribution in [1.29, 1.82) is 0 Å². The molecule has 0 aliphatic carbocycles. The molecule has 0 spiro atoms. The molecule has 0 bridgehead atoms. The summed E-state index contributed by atoms with van der Waals surface area (Å²) < 4.78 is 5.06. The van der Waals surface area contributed by atoms with Crippen LogP contribution in [0.25, 0.3) is 0 Å². The van der Waals surface area contributed by atoms with Gasteiger partial charge in [-0.3, -0.25) is 10.1 Å². The fraction of sp³-hybridized carbons (Fsp3) is 0.333. The Hall–Kier alpha value is -1.58. The Bertz CT molecular complexity index is 315. The molecule has 0 aromatic carbocycles. The number of rotatable bonds is 3. The Morgan fingerprint density at radius 2 is 2.54 bits per heavy atom. The number of oxazole rings is 1. The first-order chi connectivity index (χ1) is 6.22. The zero-order valence-corrected chi connectivity index (χ0v) is 7.70. The lowest BCUT2D eigenvalue weighted by atomic mass is 10.4. The molecule has 0 aliphatic heterocycles. The Morgan fingerprint density at radius 1 is 1.77 bits per heavy atom. The molecule has 0 saturated heterocycles. The van der Waals surface area contributed by atoms with E-state index in [0.717, 1.165) is 6.42 Å². The van der Waals surface area contributed by atoms with Gasteiger partial charge in [-0.05, 0) is 19.4 Å². The van der Waals surface area contributed by atoms with Crippen molar-refractivity contribution in [3.8, 4) is 0 Å². The number of nitrogens with zero attached hydrogens (tertiary/aromatic N) is 1. The summed E-state index contributed by atoms with van der Waals surface area (Å²) in [6.07, 6.45) is 5.61. The summed E-state index contributed by atoms with van der Waals surface area (Å²) in [6, 6.07) is 0.239. The molecule has 70 valence electrons. The number of aromatic nitrogens is 1. The lowest BCUT2D eigenvalue weighted by Crippen LogP contribution is -2.07. The third-order valence-electron chi connectivity index (χ3n) is 1.36. The number of allylic oxidation sites excluding steroid dienone is 1. The first-order valence-corrected chi connectivity index (χ1v) is 4.12. The Balaban J connectivity index is 2.50. The SMILES string of the molecule is CC/C=C/C(=O)Nc1ncc(C)o1. The van der Waals surface area contributed by atoms with Crippen molar-refractivity contribution in [2.24, 2.45) is 0 Å². The minimum atomic E-state index is -0.219. The molecule has 4 nitrogen and oxygen atoms in total. The number of amides is 1. The minimum Gasteiger partial charge on any atom is -0.429 e. The van der Waals surface area contributed by atoms with Gasteiger partial charge in [-0.1, -0.05) is 13.0 Å². The van der Waals surface area contributed by atoms with Gasteiger partial charge >= 0.3 is 6.01 Å². The van der Waals surface area contributed by atoms with Gasteiger partial charge in [0.25, 0.3) is 5.91 Å². The molecule has 1 heterocycles. The predicted molar refractivity (Wildman–Crippen MR) is 49.3 cm³/mol. The van der Waals surface area contributed by atoms with Crippen LogP contribution in [0.5, 0.6) is 0 Å². The first kappa shape index (κ1) is 9.51. The summed E-state index contributed by atoms with van der Waals surface area (Å²) in [6.45, 7) is 3.73. The third-order valence-corrected chi connectivity index (χ3v) is 1.36. The number of aryl methyl sites for hydroxylation is 1. The second-order valence-electron chi connectivity index (χ2n) is 2.58. The summed E-state index contributed by atoms with van der Waals surface area (Å²) in [7, 11) is 0. The molecule has 0 unspecified atom stereocenters. The minimum absolute atomic E-state index is 0.219. The fourth-order valence-corrected chi connectivity index (χ4v) is 0.784. The standard InChI is InChI=1S/C9H12N2O2/c1-3-4-5-8(12)11-9-10-6-7(2)13-9/h4-6H,3H2,1-2H3,(H,10,11,12)/b5-4+. The zero-order chi connectivity index (χ0) is 9.68. The van der Waals surface area contributed by atoms with Crippen molar-refractivity contribution < 1.29 is 9.21 Å². The average molecular weight is 180 g/mol. The number of nitrogens with one attached hydrogen (secondary N) is 1. The van der Waals surface area contributed by atoms with Crippen LogP contribution in [0, 0.1) is 6.92 Å². The smallest absolute Gasteiger partial charge is 0.301 e. The summed E-state index contributed by atoms with van der Waals surface area (Å²) in [5, 5.41) is 2.49. The maximum absolute atomic E-state index is 11.1. The van der Waals surface area contributed by atoms with Crippen molar-refractivity contribution >= 4 is 11.9 Å². The van der Waals surface area contributed by atoms with Crippen molar-refractivity contribution in [3.63, 3.8) is 0 Å². The van der Waals surface area contributed by atoms with E-state index in [9.17, 15) is 4.79 Å². The van der Waals surface area contributed by atoms with E-state index >= 15 is 0 Å². The lowest BCUT2D eigenvalue weighted by Gasteiger charge is -1.93. The highest BCUT2D eigenvalue weighted by Crippen LogP contribution is 2.06. The Morgan fingerprint density at radius 3 is 3.08 bits per heavy atom. The number of hydrogen-bond acceptors (Lipinski definition) is 3. The topological polar surface area (TPSA) is 55.1 Å². The zero-order valence-electron chi connectivity index (χ0n) is 7.70. The highest BCUT2D eigenvalue weighted by atomic mass is 16.4. The van der Waals surface area contributed by atoms with Gasteiger partial charge in [0.15, 0.2) is 0 Å². The quantitative estimate of drug-likeness (QED) is 0.722. The van der Waals surface area contributed by atoms with Gasteiger partial charge in [0, 0.05) is 0 Å². The lowest BCUT2D eigenvalue weighted by molar-refractivity contribution is -0.112. The predicted octanol–water partition coefficient (Wildman–Crippen LogP) is 1.89. The summed E-state index contributed by atoms with van der Waals surface area (Å²) in [5.74, 6) is 0.457. The molecular formula is C9H12N2O2. The second kappa shape index (κ2) is 4.45. The van der Waals surface area contributed by atoms with E-state index in [-0.39, 0.29) is 11.9 Å². The molecule has 0 atom stereocenters. The molecule has 0 aliphatic rings. The van der Waals surface area contributed by atoms with Crippen LogP contribution in [-0.4, -0.2) is 10.9 Å². The number of carbonyl (C=O) groups excluding carboxylic acids is 1. The summed E-state index contributed by atoms with van der Waals surface area (Å²) >= 11 is 0. The molecule has 0 fully saturated rings. The Labute approximate surface area is 76.7 Å². The highest BCUT2D eigenvalue weighted by molar-refractivity contribution is 5.97. The molecule has 0 radical (unpaired) electrons. The van der Waals surface area contributed by atoms with Crippen LogP contribution in [0.15, 0.2) is 22.8 Å². The molecule has 1 rings (SSSR count). The van der Waals surface area contributed by atoms with E-state index in [1.54, 1.807) is 19.2 Å². The fourth-order valence-electron chi connectivity index (χ4n) is 0.784. The van der Waals surface area contributed by atoms with Crippen molar-refractivity contribution in [2.75, 3.05) is 5.32 Å². The van der Waals surface area contributed by atoms with Crippen LogP contribution in [0.2, 0.25) is 0 Å². The first-order valence-electron chi connectivity index (χ1n) is 4.12. The molecule has 1 N–H and O–H groups in total. The van der Waals surface area contributed by atoms with E-state index in [2.05, 4.69) is 10.3 Å². The third kappa shape index (κ3) is 3.11. The molecule has 4 heteroatoms. The van der Waals surface area contributed by atoms with Crippen LogP contribution in [0.1, 0.15) is 19.1 Å². The van der Waals surface area contributed by atoms with Crippen LogP contribution in [0.3, 0.4) is 0 Å². The molecule has 0 saturated carbocycles. The molecule has 1 aromatic heterocycles. The maximum atomic E-state index is 11.1. The molecule has 13 heavy (non-hydrogen) atoms. The van der Waals surface area contributed by atoms with Crippen LogP contribution >= 0.6 is 0 Å². The van der Waals surface area contributed by atoms with Crippen LogP contribution in [-0.2, 0) is 4.79 Å². The molecule has 1 aromatic rings. The van der Waals surface area contributed by atoms with Gasteiger partial charge in [0.2, 0.25) is 0 Å². The normalized spacial score (nSPS) is 10.6. The van der Waals surface area contributed by atoms with Crippen LogP contribution < -0.4 is 5.32 Å². The van der Waals surface area contributed by atoms with E-state index < -0.39 is 0 Å². The van der Waals surface area contributed by atoms with Crippen molar-refractivity contribution in [3.05, 3.63) is 24.1 Å². The van der Waals surface area contributed by atoms with E-state index in [1.165, 1.54) is 6.08 Å². The van der Waals surface area contributed by atoms with Gasteiger partial charge in [-0.2, -0.15) is 0 Å². The summed E-state index contributed by atoms with van der Waals surface area (Å²) in [4.78, 5) is 14.9. The monoisotopic (exact) mass is 180 g/mol. The van der Waals surface area contributed by atoms with Gasteiger partial charge in [-0.25, -0.2) is 4.98 Å². The van der Waals surface area contributed by atoms with E-state index in [0.29, 0.717) is 5.76 Å². The Kier molecular flexibility index (Phi) is 3.25. The van der Waals surface area contributed by atoms with Gasteiger partial charge in [-0.15, -0.1) is 0 Å². The van der Waals surface area contributed by atoms with Gasteiger partial charge in [0.05, 0.1) is 6.20 Å². The highest BCUT2D eigenvalue weighted by Gasteiger charge is 2.02.